The predicted molar refractivity (Wildman–Crippen MR) is 88.7 cm³/mol. The molecule has 5 heteroatoms. The van der Waals surface area contributed by atoms with Crippen LogP contribution in [0.3, 0.4) is 0 Å². The van der Waals surface area contributed by atoms with Crippen LogP contribution in [0.4, 0.5) is 0 Å². The summed E-state index contributed by atoms with van der Waals surface area (Å²) in [6, 6.07) is 7.13. The fourth-order valence-electron chi connectivity index (χ4n) is 2.55. The van der Waals surface area contributed by atoms with Crippen molar-refractivity contribution in [3.05, 3.63) is 42.0 Å². The van der Waals surface area contributed by atoms with Gasteiger partial charge < -0.3 is 19.5 Å². The number of amides is 1. The summed E-state index contributed by atoms with van der Waals surface area (Å²) in [4.78, 5) is 14.4. The number of carbonyl (C=O) groups is 1. The molecule has 0 aromatic heterocycles. The number of aliphatic hydroxyl groups excluding tert-OH is 1. The summed E-state index contributed by atoms with van der Waals surface area (Å²) in [5.74, 6) is 0.374. The van der Waals surface area contributed by atoms with Crippen LogP contribution in [-0.4, -0.2) is 53.9 Å². The Kier molecular flexibility index (Phi) is 5.80. The van der Waals surface area contributed by atoms with Gasteiger partial charge in [0.1, 0.15) is 18.5 Å². The van der Waals surface area contributed by atoms with Crippen LogP contribution in [0.25, 0.3) is 0 Å². The number of likely N-dealkylation sites (tertiary alicyclic amines) is 1. The lowest BCUT2D eigenvalue weighted by Gasteiger charge is -2.19. The lowest BCUT2D eigenvalue weighted by Crippen LogP contribution is -2.31. The van der Waals surface area contributed by atoms with Crippen molar-refractivity contribution in [2.24, 2.45) is 0 Å². The minimum absolute atomic E-state index is 0.0101. The Balaban J connectivity index is 2.10. The molecule has 1 aromatic carbocycles. The molecule has 1 aromatic rings. The number of para-hydroxylation sites is 1. The van der Waals surface area contributed by atoms with E-state index in [1.54, 1.807) is 23.1 Å². The second-order valence-electron chi connectivity index (χ2n) is 6.24. The number of benzene rings is 1. The molecule has 1 aliphatic rings. The highest BCUT2D eigenvalue weighted by molar-refractivity contribution is 5.97. The Morgan fingerprint density at radius 2 is 2.09 bits per heavy atom. The van der Waals surface area contributed by atoms with Gasteiger partial charge in [-0.05, 0) is 38.5 Å². The van der Waals surface area contributed by atoms with Gasteiger partial charge in [0.25, 0.3) is 5.91 Å². The summed E-state index contributed by atoms with van der Waals surface area (Å²) < 4.78 is 11.3. The zero-order chi connectivity index (χ0) is 17.0. The summed E-state index contributed by atoms with van der Waals surface area (Å²) in [5.41, 5.74) is 1.38. The molecule has 2 atom stereocenters. The predicted octanol–water partition coefficient (Wildman–Crippen LogP) is 2.25. The number of carbonyl (C=O) groups excluding carboxylic acids is 1. The molecule has 1 saturated heterocycles. The molecule has 1 fully saturated rings. The second-order valence-corrected chi connectivity index (χ2v) is 6.24. The van der Waals surface area contributed by atoms with Crippen LogP contribution in [-0.2, 0) is 4.74 Å². The highest BCUT2D eigenvalue weighted by Gasteiger charge is 2.36. The standard InChI is InChI=1S/C18H25NO4/c1-12(2)11-22-16-8-6-5-7-14(16)18(21)19-9-15(20)17(10-19)23-13(3)4/h5-8,13,15,17,20H,1,9-11H2,2-4H3/t15-,17-/m1/s1. The SMILES string of the molecule is C=C(C)COc1ccccc1C(=O)N1C[C@@H](O)[C@H](OC(C)C)C1. The molecule has 0 saturated carbocycles. The van der Waals surface area contributed by atoms with Crippen LogP contribution >= 0.6 is 0 Å². The van der Waals surface area contributed by atoms with Gasteiger partial charge in [-0.25, -0.2) is 0 Å². The van der Waals surface area contributed by atoms with Crippen LogP contribution in [0, 0.1) is 0 Å². The van der Waals surface area contributed by atoms with Crippen molar-refractivity contribution in [2.75, 3.05) is 19.7 Å². The first-order chi connectivity index (χ1) is 10.9. The average molecular weight is 319 g/mol. The van der Waals surface area contributed by atoms with E-state index in [1.165, 1.54) is 0 Å². The van der Waals surface area contributed by atoms with Crippen LogP contribution in [0.2, 0.25) is 0 Å². The first-order valence-corrected chi connectivity index (χ1v) is 7.87. The minimum Gasteiger partial charge on any atom is -0.488 e. The molecule has 1 heterocycles. The van der Waals surface area contributed by atoms with Gasteiger partial charge in [0.15, 0.2) is 0 Å². The largest absolute Gasteiger partial charge is 0.488 e. The van der Waals surface area contributed by atoms with E-state index in [1.807, 2.05) is 26.8 Å². The summed E-state index contributed by atoms with van der Waals surface area (Å²) >= 11 is 0. The maximum Gasteiger partial charge on any atom is 0.257 e. The third kappa shape index (κ3) is 4.56. The van der Waals surface area contributed by atoms with Crippen LogP contribution in [0.5, 0.6) is 5.75 Å². The van der Waals surface area contributed by atoms with Crippen LogP contribution in [0.1, 0.15) is 31.1 Å². The second kappa shape index (κ2) is 7.62. The van der Waals surface area contributed by atoms with Gasteiger partial charge in [-0.3, -0.25) is 4.79 Å². The van der Waals surface area contributed by atoms with Gasteiger partial charge in [-0.1, -0.05) is 18.7 Å². The Labute approximate surface area is 137 Å². The van der Waals surface area contributed by atoms with Crippen molar-refractivity contribution in [3.8, 4) is 5.75 Å². The third-order valence-electron chi connectivity index (χ3n) is 3.56. The number of rotatable bonds is 6. The van der Waals surface area contributed by atoms with Crippen molar-refractivity contribution < 1.29 is 19.4 Å². The van der Waals surface area contributed by atoms with Gasteiger partial charge in [-0.15, -0.1) is 0 Å². The van der Waals surface area contributed by atoms with E-state index in [0.717, 1.165) is 5.57 Å². The molecule has 0 unspecified atom stereocenters. The molecule has 2 rings (SSSR count). The molecule has 1 aliphatic heterocycles. The average Bonchev–Trinajstić information content (AvgIpc) is 2.85. The molecule has 0 aliphatic carbocycles. The van der Waals surface area contributed by atoms with Crippen LogP contribution in [0.15, 0.2) is 36.4 Å². The van der Waals surface area contributed by atoms with Gasteiger partial charge >= 0.3 is 0 Å². The van der Waals surface area contributed by atoms with E-state index in [0.29, 0.717) is 24.5 Å². The third-order valence-corrected chi connectivity index (χ3v) is 3.56. The van der Waals surface area contributed by atoms with Gasteiger partial charge in [0.05, 0.1) is 17.8 Å². The monoisotopic (exact) mass is 319 g/mol. The maximum absolute atomic E-state index is 12.7. The number of ether oxygens (including phenoxy) is 2. The number of hydrogen-bond acceptors (Lipinski definition) is 4. The van der Waals surface area contributed by atoms with E-state index in [-0.39, 0.29) is 24.7 Å². The quantitative estimate of drug-likeness (QED) is 0.817. The summed E-state index contributed by atoms with van der Waals surface area (Å²) in [5, 5.41) is 10.1. The molecular formula is C18H25NO4. The fraction of sp³-hybridized carbons (Fsp3) is 0.500. The number of β-amino-alcohol motifs (C(OH)–C–C–N with tert-alkyl or cyclic N) is 1. The highest BCUT2D eigenvalue weighted by Crippen LogP contribution is 2.24. The van der Waals surface area contributed by atoms with E-state index in [9.17, 15) is 9.90 Å². The fourth-order valence-corrected chi connectivity index (χ4v) is 2.55. The molecule has 1 amide bonds. The number of aliphatic hydroxyl groups is 1. The molecule has 0 radical (unpaired) electrons. The molecular weight excluding hydrogens is 294 g/mol. The first kappa shape index (κ1) is 17.5. The van der Waals surface area contributed by atoms with Gasteiger partial charge in [0, 0.05) is 13.1 Å². The topological polar surface area (TPSA) is 59.0 Å². The number of nitrogens with zero attached hydrogens (tertiary/aromatic N) is 1. The van der Waals surface area contributed by atoms with Gasteiger partial charge in [-0.2, -0.15) is 0 Å². The molecule has 23 heavy (non-hydrogen) atoms. The lowest BCUT2D eigenvalue weighted by atomic mass is 10.1. The highest BCUT2D eigenvalue weighted by atomic mass is 16.5. The zero-order valence-electron chi connectivity index (χ0n) is 14.0. The summed E-state index contributed by atoms with van der Waals surface area (Å²) in [7, 11) is 0. The lowest BCUT2D eigenvalue weighted by molar-refractivity contribution is -0.0394. The van der Waals surface area contributed by atoms with Crippen LogP contribution < -0.4 is 4.74 Å². The summed E-state index contributed by atoms with van der Waals surface area (Å²) in [6.07, 6.45) is -0.997. The molecule has 1 N–H and O–H groups in total. The van der Waals surface area contributed by atoms with E-state index in [2.05, 4.69) is 6.58 Å². The summed E-state index contributed by atoms with van der Waals surface area (Å²) in [6.45, 7) is 10.5. The van der Waals surface area contributed by atoms with Crippen molar-refractivity contribution >= 4 is 5.91 Å². The molecule has 5 nitrogen and oxygen atoms in total. The first-order valence-electron chi connectivity index (χ1n) is 7.87. The van der Waals surface area contributed by atoms with E-state index in [4.69, 9.17) is 9.47 Å². The maximum atomic E-state index is 12.7. The molecule has 126 valence electrons. The number of hydrogen-bond donors (Lipinski definition) is 1. The molecule has 0 spiro atoms. The van der Waals surface area contributed by atoms with Gasteiger partial charge in [0.2, 0.25) is 0 Å². The Morgan fingerprint density at radius 3 is 2.74 bits per heavy atom. The normalized spacial score (nSPS) is 20.8. The zero-order valence-corrected chi connectivity index (χ0v) is 14.0. The smallest absolute Gasteiger partial charge is 0.257 e. The van der Waals surface area contributed by atoms with Crippen molar-refractivity contribution in [3.63, 3.8) is 0 Å². The van der Waals surface area contributed by atoms with Crippen molar-refractivity contribution in [2.45, 2.75) is 39.1 Å². The van der Waals surface area contributed by atoms with Crippen molar-refractivity contribution in [1.82, 2.24) is 4.90 Å². The van der Waals surface area contributed by atoms with Crippen molar-refractivity contribution in [1.29, 1.82) is 0 Å². The Morgan fingerprint density at radius 1 is 1.39 bits per heavy atom. The Hall–Kier alpha value is -1.85. The van der Waals surface area contributed by atoms with E-state index < -0.39 is 6.10 Å². The Bertz CT molecular complexity index is 570. The van der Waals surface area contributed by atoms with E-state index >= 15 is 0 Å². The molecule has 0 bridgehead atoms. The minimum atomic E-state index is -0.662.